The minimum atomic E-state index is -3.77. The summed E-state index contributed by atoms with van der Waals surface area (Å²) >= 11 is 0. The largest absolute Gasteiger partial charge is 0.491 e. The fraction of sp³-hybridized carbons (Fsp3) is 0.480. The summed E-state index contributed by atoms with van der Waals surface area (Å²) in [5.41, 5.74) is -5.59. The maximum absolute atomic E-state index is 16.2. The van der Waals surface area contributed by atoms with Crippen molar-refractivity contribution in [2.75, 3.05) is 6.61 Å². The molecule has 2 bridgehead atoms. The van der Waals surface area contributed by atoms with Crippen molar-refractivity contribution in [2.45, 2.75) is 61.2 Å². The first-order valence-electron chi connectivity index (χ1n) is 11.7. The van der Waals surface area contributed by atoms with Gasteiger partial charge in [-0.25, -0.2) is 22.2 Å². The molecule has 4 aliphatic rings. The number of tetrazole rings is 1. The predicted molar refractivity (Wildman–Crippen MR) is 117 cm³/mol. The van der Waals surface area contributed by atoms with Crippen molar-refractivity contribution in [3.63, 3.8) is 0 Å². The third kappa shape index (κ3) is 3.36. The van der Waals surface area contributed by atoms with Crippen molar-refractivity contribution in [2.24, 2.45) is 5.41 Å². The molecule has 7 rings (SSSR count). The van der Waals surface area contributed by atoms with E-state index in [1.165, 1.54) is 0 Å². The number of halogens is 4. The van der Waals surface area contributed by atoms with E-state index in [1.54, 1.807) is 12.1 Å². The monoisotopic (exact) mass is 504 g/mol. The Morgan fingerprint density at radius 3 is 2.31 bits per heavy atom. The highest BCUT2D eigenvalue weighted by Gasteiger charge is 2.82. The molecule has 0 spiro atoms. The van der Waals surface area contributed by atoms with Crippen LogP contribution in [0, 0.1) is 17.0 Å². The lowest BCUT2D eigenvalue weighted by molar-refractivity contribution is -0.347. The molecule has 2 aromatic carbocycles. The molecule has 4 aliphatic carbocycles. The summed E-state index contributed by atoms with van der Waals surface area (Å²) in [6, 6.07) is 9.35. The highest BCUT2D eigenvalue weighted by molar-refractivity contribution is 5.44. The summed E-state index contributed by atoms with van der Waals surface area (Å²) in [6.07, 6.45) is 2.80. The van der Waals surface area contributed by atoms with Gasteiger partial charge >= 0.3 is 0 Å². The second kappa shape index (κ2) is 7.48. The minimum absolute atomic E-state index is 0.105. The predicted octanol–water partition coefficient (Wildman–Crippen LogP) is 3.50. The molecular formula is C25H24F4N4O3. The molecule has 11 heteroatoms. The number of nitrogens with zero attached hydrogens (tertiary/aromatic N) is 4. The standard InChI is InChI=1S/C25H24F4N4O3/c26-17-3-6-19(20(27)9-17)24(35,13-33-15-30-31-32-33)25(28,29)22-10-21(11-22,12-22)16-1-4-18(5-2-16)36-14-23(34)7-8-23/h1-6,9,15,34-35H,7-8,10-14H2/t21?,22?,24-/m1/s1. The summed E-state index contributed by atoms with van der Waals surface area (Å²) in [5.74, 6) is -5.38. The Morgan fingerprint density at radius 1 is 1.03 bits per heavy atom. The van der Waals surface area contributed by atoms with Crippen LogP contribution in [0.15, 0.2) is 48.8 Å². The van der Waals surface area contributed by atoms with Crippen LogP contribution in [-0.4, -0.2) is 48.6 Å². The lowest BCUT2D eigenvalue weighted by Gasteiger charge is -2.74. The molecule has 0 aliphatic heterocycles. The van der Waals surface area contributed by atoms with E-state index in [1.807, 2.05) is 12.1 Å². The van der Waals surface area contributed by atoms with E-state index in [4.69, 9.17) is 4.74 Å². The zero-order valence-corrected chi connectivity index (χ0v) is 19.2. The number of hydrogen-bond acceptors (Lipinski definition) is 6. The van der Waals surface area contributed by atoms with Crippen molar-refractivity contribution in [1.29, 1.82) is 0 Å². The fourth-order valence-corrected chi connectivity index (χ4v) is 5.94. The van der Waals surface area contributed by atoms with E-state index in [0.717, 1.165) is 28.7 Å². The maximum atomic E-state index is 16.2. The second-order valence-corrected chi connectivity index (χ2v) is 10.7. The number of hydrogen-bond donors (Lipinski definition) is 2. The number of ether oxygens (including phenoxy) is 1. The molecule has 2 N–H and O–H groups in total. The quantitative estimate of drug-likeness (QED) is 0.434. The van der Waals surface area contributed by atoms with Crippen LogP contribution in [-0.2, 0) is 17.6 Å². The zero-order valence-electron chi connectivity index (χ0n) is 19.2. The Labute approximate surface area is 203 Å². The molecule has 0 unspecified atom stereocenters. The van der Waals surface area contributed by atoms with Crippen LogP contribution < -0.4 is 4.74 Å². The van der Waals surface area contributed by atoms with E-state index < -0.39 is 51.7 Å². The van der Waals surface area contributed by atoms with Crippen LogP contribution in [0.4, 0.5) is 17.6 Å². The van der Waals surface area contributed by atoms with E-state index >= 15 is 8.78 Å². The van der Waals surface area contributed by atoms with Crippen molar-refractivity contribution in [3.8, 4) is 5.75 Å². The normalized spacial score (nSPS) is 27.5. The van der Waals surface area contributed by atoms with Gasteiger partial charge in [0.25, 0.3) is 5.92 Å². The van der Waals surface area contributed by atoms with E-state index in [9.17, 15) is 19.0 Å². The lowest BCUT2D eigenvalue weighted by atomic mass is 9.30. The third-order valence-corrected chi connectivity index (χ3v) is 8.18. The first-order valence-corrected chi connectivity index (χ1v) is 11.7. The summed E-state index contributed by atoms with van der Waals surface area (Å²) < 4.78 is 67.3. The molecule has 3 aromatic rings. The summed E-state index contributed by atoms with van der Waals surface area (Å²) in [5, 5.41) is 31.7. The highest BCUT2D eigenvalue weighted by atomic mass is 19.3. The molecule has 1 aromatic heterocycles. The van der Waals surface area contributed by atoms with Crippen molar-refractivity contribution in [1.82, 2.24) is 20.2 Å². The van der Waals surface area contributed by atoms with Gasteiger partial charge < -0.3 is 14.9 Å². The van der Waals surface area contributed by atoms with E-state index in [-0.39, 0.29) is 25.9 Å². The van der Waals surface area contributed by atoms with Gasteiger partial charge in [-0.3, -0.25) is 0 Å². The van der Waals surface area contributed by atoms with Gasteiger partial charge in [-0.1, -0.05) is 12.1 Å². The number of aromatic nitrogens is 4. The first kappa shape index (κ1) is 23.4. The number of aliphatic hydroxyl groups is 2. The molecule has 1 heterocycles. The first-order chi connectivity index (χ1) is 17.0. The average molecular weight is 504 g/mol. The Morgan fingerprint density at radius 2 is 1.72 bits per heavy atom. The second-order valence-electron chi connectivity index (χ2n) is 10.7. The number of benzene rings is 2. The van der Waals surface area contributed by atoms with Gasteiger partial charge in [-0.15, -0.1) is 5.10 Å². The van der Waals surface area contributed by atoms with Gasteiger partial charge in [0.15, 0.2) is 5.60 Å². The maximum Gasteiger partial charge on any atom is 0.287 e. The average Bonchev–Trinajstić information content (AvgIpc) is 3.28. The van der Waals surface area contributed by atoms with Crippen LogP contribution in [0.5, 0.6) is 5.75 Å². The van der Waals surface area contributed by atoms with Crippen molar-refractivity contribution < 1.29 is 32.5 Å². The Balaban J connectivity index is 1.24. The highest BCUT2D eigenvalue weighted by Crippen LogP contribution is 2.80. The zero-order chi connectivity index (χ0) is 25.4. The summed E-state index contributed by atoms with van der Waals surface area (Å²) in [6.45, 7) is -0.588. The summed E-state index contributed by atoms with van der Waals surface area (Å²) in [4.78, 5) is 0. The van der Waals surface area contributed by atoms with Gasteiger partial charge in [0.2, 0.25) is 0 Å². The molecule has 4 fully saturated rings. The number of rotatable bonds is 9. The van der Waals surface area contributed by atoms with Crippen LogP contribution >= 0.6 is 0 Å². The molecule has 1 atom stereocenters. The molecule has 190 valence electrons. The van der Waals surface area contributed by atoms with Crippen LogP contribution in [0.2, 0.25) is 0 Å². The van der Waals surface area contributed by atoms with E-state index in [2.05, 4.69) is 15.5 Å². The van der Waals surface area contributed by atoms with Gasteiger partial charge in [0.05, 0.1) is 12.1 Å². The van der Waals surface area contributed by atoms with Crippen LogP contribution in [0.3, 0.4) is 0 Å². The van der Waals surface area contributed by atoms with Gasteiger partial charge in [-0.05, 0) is 77.8 Å². The smallest absolute Gasteiger partial charge is 0.287 e. The third-order valence-electron chi connectivity index (χ3n) is 8.18. The number of alkyl halides is 2. The Kier molecular flexibility index (Phi) is 4.85. The van der Waals surface area contributed by atoms with Gasteiger partial charge in [0.1, 0.15) is 30.3 Å². The van der Waals surface area contributed by atoms with E-state index in [0.29, 0.717) is 24.7 Å². The molecule has 4 saturated carbocycles. The van der Waals surface area contributed by atoms with Crippen LogP contribution in [0.1, 0.15) is 43.2 Å². The molecular weight excluding hydrogens is 480 g/mol. The molecule has 0 saturated heterocycles. The molecule has 36 heavy (non-hydrogen) atoms. The minimum Gasteiger partial charge on any atom is -0.491 e. The summed E-state index contributed by atoms with van der Waals surface area (Å²) in [7, 11) is 0. The van der Waals surface area contributed by atoms with Crippen LogP contribution in [0.25, 0.3) is 0 Å². The Hall–Kier alpha value is -3.05. The fourth-order valence-electron chi connectivity index (χ4n) is 5.94. The van der Waals surface area contributed by atoms with Crippen molar-refractivity contribution in [3.05, 3.63) is 71.6 Å². The van der Waals surface area contributed by atoms with Crippen molar-refractivity contribution >= 4 is 0 Å². The SMILES string of the molecule is OC1(COc2ccc(C34CC(C(F)(F)[C@@](O)(Cn5cnnn5)c5ccc(F)cc5F)(C3)C4)cc2)CC1. The topological polar surface area (TPSA) is 93.3 Å². The molecule has 0 amide bonds. The molecule has 7 nitrogen and oxygen atoms in total. The molecule has 0 radical (unpaired) electrons. The van der Waals surface area contributed by atoms with Gasteiger partial charge in [-0.2, -0.15) is 0 Å². The van der Waals surface area contributed by atoms with Gasteiger partial charge in [0, 0.05) is 17.0 Å². The lowest BCUT2D eigenvalue weighted by Crippen LogP contribution is -2.76. The Bertz CT molecular complexity index is 1280.